The predicted octanol–water partition coefficient (Wildman–Crippen LogP) is 2.39. The van der Waals surface area contributed by atoms with Crippen LogP contribution < -0.4 is 15.4 Å². The third kappa shape index (κ3) is 5.33. The van der Waals surface area contributed by atoms with E-state index in [1.54, 1.807) is 7.05 Å². The standard InChI is InChI=1S/C16H21ClN4O/c1-18-16(19-8-12-21-10-4-5-11-21)20-9-13-22-15-7-3-2-6-14(15)17/h2-7,10-11H,8-9,12-13H2,1H3,(H2,18,19,20). The van der Waals surface area contributed by atoms with E-state index in [0.29, 0.717) is 23.9 Å². The summed E-state index contributed by atoms with van der Waals surface area (Å²) < 4.78 is 7.73. The number of para-hydroxylation sites is 1. The van der Waals surface area contributed by atoms with Crippen LogP contribution in [0.25, 0.3) is 0 Å². The van der Waals surface area contributed by atoms with E-state index in [-0.39, 0.29) is 0 Å². The van der Waals surface area contributed by atoms with Crippen LogP contribution in [0, 0.1) is 0 Å². The number of hydrogen-bond donors (Lipinski definition) is 2. The van der Waals surface area contributed by atoms with Gasteiger partial charge in [0, 0.05) is 32.5 Å². The van der Waals surface area contributed by atoms with Crippen molar-refractivity contribution in [2.24, 2.45) is 4.99 Å². The van der Waals surface area contributed by atoms with Crippen LogP contribution in [0.5, 0.6) is 5.75 Å². The number of hydrogen-bond acceptors (Lipinski definition) is 2. The summed E-state index contributed by atoms with van der Waals surface area (Å²) in [4.78, 5) is 4.17. The number of aliphatic imine (C=N–C) groups is 1. The smallest absolute Gasteiger partial charge is 0.191 e. The van der Waals surface area contributed by atoms with Gasteiger partial charge in [0.1, 0.15) is 12.4 Å². The largest absolute Gasteiger partial charge is 0.490 e. The number of aromatic nitrogens is 1. The minimum Gasteiger partial charge on any atom is -0.490 e. The quantitative estimate of drug-likeness (QED) is 0.468. The van der Waals surface area contributed by atoms with Crippen molar-refractivity contribution < 1.29 is 4.74 Å². The van der Waals surface area contributed by atoms with Crippen LogP contribution in [0.3, 0.4) is 0 Å². The highest BCUT2D eigenvalue weighted by Gasteiger charge is 2.00. The molecule has 0 aliphatic carbocycles. The summed E-state index contributed by atoms with van der Waals surface area (Å²) in [5.74, 6) is 1.46. The maximum atomic E-state index is 6.03. The summed E-state index contributed by atoms with van der Waals surface area (Å²) in [5.41, 5.74) is 0. The summed E-state index contributed by atoms with van der Waals surface area (Å²) in [7, 11) is 1.75. The molecule has 0 bridgehead atoms. The third-order valence-electron chi connectivity index (χ3n) is 3.04. The normalized spacial score (nSPS) is 11.3. The molecule has 0 unspecified atom stereocenters. The molecule has 1 heterocycles. The highest BCUT2D eigenvalue weighted by molar-refractivity contribution is 6.32. The molecule has 22 heavy (non-hydrogen) atoms. The Bertz CT molecular complexity index is 584. The van der Waals surface area contributed by atoms with Crippen LogP contribution in [-0.2, 0) is 6.54 Å². The Morgan fingerprint density at radius 1 is 1.14 bits per heavy atom. The van der Waals surface area contributed by atoms with Crippen molar-refractivity contribution in [3.8, 4) is 5.75 Å². The SMILES string of the molecule is CN=C(NCCOc1ccccc1Cl)NCCn1cccc1. The maximum Gasteiger partial charge on any atom is 0.191 e. The molecule has 1 aromatic carbocycles. The highest BCUT2D eigenvalue weighted by Crippen LogP contribution is 2.22. The first-order chi connectivity index (χ1) is 10.8. The summed E-state index contributed by atoms with van der Waals surface area (Å²) in [5, 5.41) is 7.08. The van der Waals surface area contributed by atoms with E-state index < -0.39 is 0 Å². The highest BCUT2D eigenvalue weighted by atomic mass is 35.5. The van der Waals surface area contributed by atoms with Gasteiger partial charge in [-0.2, -0.15) is 0 Å². The first-order valence-electron chi connectivity index (χ1n) is 7.22. The number of rotatable bonds is 7. The van der Waals surface area contributed by atoms with Gasteiger partial charge in [0.25, 0.3) is 0 Å². The summed E-state index contributed by atoms with van der Waals surface area (Å²) in [6.07, 6.45) is 4.07. The minimum atomic E-state index is 0.516. The van der Waals surface area contributed by atoms with E-state index >= 15 is 0 Å². The molecule has 2 aromatic rings. The van der Waals surface area contributed by atoms with Crippen LogP contribution >= 0.6 is 11.6 Å². The molecule has 5 nitrogen and oxygen atoms in total. The van der Waals surface area contributed by atoms with Gasteiger partial charge in [0.15, 0.2) is 5.96 Å². The van der Waals surface area contributed by atoms with E-state index in [4.69, 9.17) is 16.3 Å². The molecular weight excluding hydrogens is 300 g/mol. The second kappa shape index (κ2) is 9.00. The molecule has 0 amide bonds. The number of halogens is 1. The van der Waals surface area contributed by atoms with E-state index in [1.165, 1.54) is 0 Å². The topological polar surface area (TPSA) is 50.6 Å². The van der Waals surface area contributed by atoms with Gasteiger partial charge in [0.2, 0.25) is 0 Å². The van der Waals surface area contributed by atoms with Crippen molar-refractivity contribution >= 4 is 17.6 Å². The first kappa shape index (κ1) is 16.2. The molecule has 6 heteroatoms. The average molecular weight is 321 g/mol. The zero-order valence-electron chi connectivity index (χ0n) is 12.6. The zero-order valence-corrected chi connectivity index (χ0v) is 13.4. The molecule has 0 fully saturated rings. The second-order valence-corrected chi connectivity index (χ2v) is 5.03. The van der Waals surface area contributed by atoms with Gasteiger partial charge in [-0.15, -0.1) is 0 Å². The van der Waals surface area contributed by atoms with Crippen LogP contribution in [0.4, 0.5) is 0 Å². The zero-order chi connectivity index (χ0) is 15.6. The van der Waals surface area contributed by atoms with Crippen LogP contribution in [0.2, 0.25) is 5.02 Å². The Labute approximate surface area is 136 Å². The Morgan fingerprint density at radius 3 is 2.59 bits per heavy atom. The summed E-state index contributed by atoms with van der Waals surface area (Å²) in [6.45, 7) is 2.86. The molecule has 2 N–H and O–H groups in total. The molecule has 2 rings (SSSR count). The molecule has 0 aliphatic rings. The van der Waals surface area contributed by atoms with E-state index in [0.717, 1.165) is 19.0 Å². The van der Waals surface area contributed by atoms with Crippen LogP contribution in [-0.4, -0.2) is 37.3 Å². The first-order valence-corrected chi connectivity index (χ1v) is 7.60. The molecule has 0 saturated heterocycles. The van der Waals surface area contributed by atoms with E-state index in [1.807, 2.05) is 48.8 Å². The van der Waals surface area contributed by atoms with Crippen molar-refractivity contribution in [2.75, 3.05) is 26.7 Å². The van der Waals surface area contributed by atoms with Crippen molar-refractivity contribution in [3.05, 3.63) is 53.8 Å². The molecule has 0 radical (unpaired) electrons. The van der Waals surface area contributed by atoms with Gasteiger partial charge in [-0.25, -0.2) is 0 Å². The summed E-state index contributed by atoms with van der Waals surface area (Å²) in [6, 6.07) is 11.5. The van der Waals surface area contributed by atoms with Gasteiger partial charge >= 0.3 is 0 Å². The molecule has 1 aromatic heterocycles. The fourth-order valence-electron chi connectivity index (χ4n) is 1.94. The van der Waals surface area contributed by atoms with Crippen molar-refractivity contribution in [1.29, 1.82) is 0 Å². The Morgan fingerprint density at radius 2 is 1.86 bits per heavy atom. The number of benzene rings is 1. The lowest BCUT2D eigenvalue weighted by molar-refractivity contribution is 0.322. The molecule has 118 valence electrons. The molecule has 0 aliphatic heterocycles. The molecule has 0 atom stereocenters. The fraction of sp³-hybridized carbons (Fsp3) is 0.312. The Balaban J connectivity index is 1.63. The van der Waals surface area contributed by atoms with Crippen molar-refractivity contribution in [2.45, 2.75) is 6.54 Å². The molecule has 0 saturated carbocycles. The van der Waals surface area contributed by atoms with Crippen molar-refractivity contribution in [1.82, 2.24) is 15.2 Å². The third-order valence-corrected chi connectivity index (χ3v) is 3.35. The fourth-order valence-corrected chi connectivity index (χ4v) is 2.13. The lowest BCUT2D eigenvalue weighted by atomic mass is 10.3. The average Bonchev–Trinajstić information content (AvgIpc) is 3.04. The van der Waals surface area contributed by atoms with Crippen LogP contribution in [0.15, 0.2) is 53.8 Å². The minimum absolute atomic E-state index is 0.516. The van der Waals surface area contributed by atoms with E-state index in [2.05, 4.69) is 20.2 Å². The monoisotopic (exact) mass is 320 g/mol. The van der Waals surface area contributed by atoms with Crippen molar-refractivity contribution in [3.63, 3.8) is 0 Å². The molecule has 0 spiro atoms. The Hall–Kier alpha value is -2.14. The number of guanidine groups is 1. The number of nitrogens with zero attached hydrogens (tertiary/aromatic N) is 2. The van der Waals surface area contributed by atoms with Gasteiger partial charge in [-0.1, -0.05) is 23.7 Å². The van der Waals surface area contributed by atoms with Gasteiger partial charge < -0.3 is 19.9 Å². The number of ether oxygens (including phenoxy) is 1. The van der Waals surface area contributed by atoms with Gasteiger partial charge in [0.05, 0.1) is 11.6 Å². The maximum absolute atomic E-state index is 6.03. The molecular formula is C16H21ClN4O. The van der Waals surface area contributed by atoms with Crippen LogP contribution in [0.1, 0.15) is 0 Å². The second-order valence-electron chi connectivity index (χ2n) is 4.63. The lowest BCUT2D eigenvalue weighted by Crippen LogP contribution is -2.40. The Kier molecular flexibility index (Phi) is 6.64. The van der Waals surface area contributed by atoms with Gasteiger partial charge in [-0.3, -0.25) is 4.99 Å². The number of nitrogens with one attached hydrogen (secondary N) is 2. The predicted molar refractivity (Wildman–Crippen MR) is 90.7 cm³/mol. The van der Waals surface area contributed by atoms with E-state index in [9.17, 15) is 0 Å². The summed E-state index contributed by atoms with van der Waals surface area (Å²) >= 11 is 6.03. The lowest BCUT2D eigenvalue weighted by Gasteiger charge is -2.13. The van der Waals surface area contributed by atoms with Gasteiger partial charge in [-0.05, 0) is 24.3 Å².